The fraction of sp³-hybridized carbons (Fsp3) is 0.692. The molecule has 1 aromatic heterocycles. The summed E-state index contributed by atoms with van der Waals surface area (Å²) >= 11 is 0. The molecule has 8 nitrogen and oxygen atoms in total. The van der Waals surface area contributed by atoms with E-state index in [4.69, 9.17) is 0 Å². The third-order valence-electron chi connectivity index (χ3n) is 4.65. The first-order valence-corrected chi connectivity index (χ1v) is 7.11. The highest BCUT2D eigenvalue weighted by molar-refractivity contribution is 5.76. The van der Waals surface area contributed by atoms with Crippen LogP contribution in [0.4, 0.5) is 0 Å². The van der Waals surface area contributed by atoms with Crippen molar-refractivity contribution in [2.24, 2.45) is 12.5 Å². The Labute approximate surface area is 121 Å². The Kier molecular flexibility index (Phi) is 3.30. The maximum Gasteiger partial charge on any atom is 0.345 e. The van der Waals surface area contributed by atoms with Crippen molar-refractivity contribution in [1.82, 2.24) is 24.6 Å². The van der Waals surface area contributed by atoms with E-state index < -0.39 is 0 Å². The van der Waals surface area contributed by atoms with Crippen molar-refractivity contribution in [1.29, 1.82) is 0 Å². The van der Waals surface area contributed by atoms with Gasteiger partial charge in [0.25, 0.3) is 0 Å². The van der Waals surface area contributed by atoms with Crippen LogP contribution in [0.5, 0.6) is 0 Å². The Morgan fingerprint density at radius 1 is 1.52 bits per heavy atom. The van der Waals surface area contributed by atoms with Gasteiger partial charge in [-0.2, -0.15) is 5.10 Å². The van der Waals surface area contributed by atoms with E-state index in [9.17, 15) is 14.4 Å². The van der Waals surface area contributed by atoms with Gasteiger partial charge in [-0.15, -0.1) is 0 Å². The van der Waals surface area contributed by atoms with E-state index in [1.807, 2.05) is 0 Å². The molecule has 1 aliphatic carbocycles. The molecule has 2 amide bonds. The first-order chi connectivity index (χ1) is 10.0. The molecule has 1 aromatic rings. The minimum atomic E-state index is -0.296. The first-order valence-electron chi connectivity index (χ1n) is 7.11. The van der Waals surface area contributed by atoms with Crippen LogP contribution in [0.25, 0.3) is 0 Å². The number of nitrogens with zero attached hydrogens (tertiary/aromatic N) is 4. The molecule has 8 heteroatoms. The second kappa shape index (κ2) is 5.01. The highest BCUT2D eigenvalue weighted by atomic mass is 16.2. The van der Waals surface area contributed by atoms with Gasteiger partial charge in [-0.05, 0) is 24.7 Å². The molecule has 2 heterocycles. The molecular weight excluding hydrogens is 274 g/mol. The van der Waals surface area contributed by atoms with Crippen molar-refractivity contribution in [3.8, 4) is 0 Å². The van der Waals surface area contributed by atoms with E-state index in [0.717, 1.165) is 43.4 Å². The second-order valence-corrected chi connectivity index (χ2v) is 6.01. The lowest BCUT2D eigenvalue weighted by Gasteiger charge is -2.30. The van der Waals surface area contributed by atoms with Crippen LogP contribution >= 0.6 is 0 Å². The van der Waals surface area contributed by atoms with E-state index in [2.05, 4.69) is 10.4 Å². The number of nitrogens with one attached hydrogen (secondary N) is 1. The molecule has 1 aliphatic heterocycles. The highest BCUT2D eigenvalue weighted by Crippen LogP contribution is 2.53. The quantitative estimate of drug-likeness (QED) is 0.699. The first kappa shape index (κ1) is 13.8. The molecule has 2 aliphatic rings. The molecule has 2 fully saturated rings. The smallest absolute Gasteiger partial charge is 0.345 e. The maximum absolute atomic E-state index is 12.0. The average molecular weight is 293 g/mol. The van der Waals surface area contributed by atoms with Gasteiger partial charge in [0, 0.05) is 26.2 Å². The number of hydrogen-bond donors (Lipinski definition) is 1. The largest absolute Gasteiger partial charge is 0.351 e. The Balaban J connectivity index is 1.52. The zero-order chi connectivity index (χ0) is 15.0. The number of aromatic nitrogens is 3. The zero-order valence-electron chi connectivity index (χ0n) is 12.0. The molecule has 114 valence electrons. The monoisotopic (exact) mass is 293 g/mol. The van der Waals surface area contributed by atoms with Crippen LogP contribution in [0.2, 0.25) is 0 Å². The summed E-state index contributed by atoms with van der Waals surface area (Å²) in [5, 5.41) is 6.85. The summed E-state index contributed by atoms with van der Waals surface area (Å²) in [6.07, 6.45) is 5.10. The summed E-state index contributed by atoms with van der Waals surface area (Å²) in [5.41, 5.74) is -0.139. The third kappa shape index (κ3) is 2.57. The van der Waals surface area contributed by atoms with Crippen LogP contribution in [0.1, 0.15) is 19.3 Å². The van der Waals surface area contributed by atoms with E-state index in [0.29, 0.717) is 0 Å². The van der Waals surface area contributed by atoms with Crippen molar-refractivity contribution in [2.75, 3.05) is 13.1 Å². The minimum Gasteiger partial charge on any atom is -0.351 e. The second-order valence-electron chi connectivity index (χ2n) is 6.01. The molecule has 0 aromatic carbocycles. The van der Waals surface area contributed by atoms with Crippen LogP contribution < -0.4 is 11.0 Å². The predicted octanol–water partition coefficient (Wildman–Crippen LogP) is -1.29. The van der Waals surface area contributed by atoms with Gasteiger partial charge in [-0.1, -0.05) is 0 Å². The zero-order valence-corrected chi connectivity index (χ0v) is 12.0. The Bertz CT molecular complexity index is 612. The molecule has 1 unspecified atom stereocenters. The van der Waals surface area contributed by atoms with Crippen molar-refractivity contribution in [2.45, 2.75) is 31.8 Å². The van der Waals surface area contributed by atoms with Crippen molar-refractivity contribution >= 4 is 12.3 Å². The van der Waals surface area contributed by atoms with Gasteiger partial charge in [-0.3, -0.25) is 14.2 Å². The van der Waals surface area contributed by atoms with Crippen LogP contribution in [-0.4, -0.2) is 50.7 Å². The number of aryl methyl sites for hydroxylation is 1. The molecule has 0 radical (unpaired) electrons. The van der Waals surface area contributed by atoms with Gasteiger partial charge in [0.15, 0.2) is 0 Å². The summed E-state index contributed by atoms with van der Waals surface area (Å²) in [5.74, 6) is -0.185. The summed E-state index contributed by atoms with van der Waals surface area (Å²) in [4.78, 5) is 36.1. The number of amides is 2. The fourth-order valence-electron chi connectivity index (χ4n) is 3.08. The van der Waals surface area contributed by atoms with E-state index >= 15 is 0 Å². The molecule has 1 N–H and O–H groups in total. The summed E-state index contributed by atoms with van der Waals surface area (Å²) in [6, 6.07) is 0.165. The fourth-order valence-corrected chi connectivity index (χ4v) is 3.08. The van der Waals surface area contributed by atoms with Crippen molar-refractivity contribution in [3.05, 3.63) is 16.8 Å². The number of rotatable bonds is 4. The standard InChI is InChI=1S/C13H19N5O3/c1-16-8-14-18(12(16)21)7-11(20)15-10-6-13(10)2-4-17(9-19)5-3-13/h8-10H,2-7H2,1H3,(H,15,20). The number of hydrogen-bond acceptors (Lipinski definition) is 4. The molecule has 0 bridgehead atoms. The number of carbonyl (C=O) groups is 2. The van der Waals surface area contributed by atoms with Crippen LogP contribution in [0.15, 0.2) is 11.1 Å². The SMILES string of the molecule is Cn1cnn(CC(=O)NC2CC23CCN(C=O)CC3)c1=O. The van der Waals surface area contributed by atoms with E-state index in [1.165, 1.54) is 10.9 Å². The van der Waals surface area contributed by atoms with Gasteiger partial charge in [0.05, 0.1) is 0 Å². The Morgan fingerprint density at radius 3 is 2.81 bits per heavy atom. The average Bonchev–Trinajstić information content (AvgIpc) is 3.04. The van der Waals surface area contributed by atoms with Crippen LogP contribution in [-0.2, 0) is 23.2 Å². The van der Waals surface area contributed by atoms with Gasteiger partial charge < -0.3 is 10.2 Å². The van der Waals surface area contributed by atoms with Crippen LogP contribution in [0.3, 0.4) is 0 Å². The predicted molar refractivity (Wildman–Crippen MR) is 73.3 cm³/mol. The minimum absolute atomic E-state index is 0.0489. The van der Waals surface area contributed by atoms with Crippen molar-refractivity contribution < 1.29 is 9.59 Å². The molecule has 1 atom stereocenters. The molecule has 3 rings (SSSR count). The van der Waals surface area contributed by atoms with E-state index in [1.54, 1.807) is 11.9 Å². The topological polar surface area (TPSA) is 89.2 Å². The number of piperidine rings is 1. The van der Waals surface area contributed by atoms with E-state index in [-0.39, 0.29) is 29.6 Å². The van der Waals surface area contributed by atoms with Gasteiger partial charge in [-0.25, -0.2) is 9.48 Å². The van der Waals surface area contributed by atoms with Crippen molar-refractivity contribution in [3.63, 3.8) is 0 Å². The molecule has 1 saturated carbocycles. The molecule has 1 spiro atoms. The lowest BCUT2D eigenvalue weighted by atomic mass is 9.93. The Hall–Kier alpha value is -2.12. The molecule has 21 heavy (non-hydrogen) atoms. The Morgan fingerprint density at radius 2 is 2.24 bits per heavy atom. The normalized spacial score (nSPS) is 23.1. The number of likely N-dealkylation sites (tertiary alicyclic amines) is 1. The summed E-state index contributed by atoms with van der Waals surface area (Å²) in [6.45, 7) is 1.47. The molecular formula is C13H19N5O3. The van der Waals surface area contributed by atoms with Gasteiger partial charge >= 0.3 is 5.69 Å². The maximum atomic E-state index is 12.0. The third-order valence-corrected chi connectivity index (χ3v) is 4.65. The highest BCUT2D eigenvalue weighted by Gasteiger charge is 2.55. The lowest BCUT2D eigenvalue weighted by Crippen LogP contribution is -2.39. The lowest BCUT2D eigenvalue weighted by molar-refractivity contribution is -0.123. The summed E-state index contributed by atoms with van der Waals surface area (Å²) < 4.78 is 2.49. The number of carbonyl (C=O) groups excluding carboxylic acids is 2. The van der Waals surface area contributed by atoms with Gasteiger partial charge in [0.2, 0.25) is 12.3 Å². The van der Waals surface area contributed by atoms with Gasteiger partial charge in [0.1, 0.15) is 12.9 Å². The summed E-state index contributed by atoms with van der Waals surface area (Å²) in [7, 11) is 1.60. The van der Waals surface area contributed by atoms with Crippen LogP contribution in [0, 0.1) is 5.41 Å². The molecule has 1 saturated heterocycles.